The number of hydrogen-bond donors (Lipinski definition) is 1. The lowest BCUT2D eigenvalue weighted by atomic mass is 10.2. The smallest absolute Gasteiger partial charge is 0.136 e. The van der Waals surface area contributed by atoms with E-state index in [0.29, 0.717) is 15.9 Å². The Morgan fingerprint density at radius 1 is 1.17 bits per heavy atom. The van der Waals surface area contributed by atoms with Crippen LogP contribution in [0.5, 0.6) is 5.75 Å². The van der Waals surface area contributed by atoms with Crippen LogP contribution in [0.4, 0.5) is 14.5 Å². The predicted octanol–water partition coefficient (Wildman–Crippen LogP) is 3.89. The molecule has 0 heterocycles. The fraction of sp³-hybridized carbons (Fsp3) is 0.0769. The summed E-state index contributed by atoms with van der Waals surface area (Å²) in [5.41, 5.74) is 6.36. The summed E-state index contributed by atoms with van der Waals surface area (Å²) in [5.74, 6) is -0.517. The van der Waals surface area contributed by atoms with E-state index >= 15 is 0 Å². The van der Waals surface area contributed by atoms with Crippen molar-refractivity contribution in [2.45, 2.75) is 6.61 Å². The maximum Gasteiger partial charge on any atom is 0.136 e. The lowest BCUT2D eigenvalue weighted by Crippen LogP contribution is -2.00. The van der Waals surface area contributed by atoms with Crippen LogP contribution in [0, 0.1) is 11.6 Å². The second-order valence-corrected chi connectivity index (χ2v) is 4.48. The molecule has 0 unspecified atom stereocenters. The van der Waals surface area contributed by atoms with Crippen molar-refractivity contribution in [3.8, 4) is 5.75 Å². The quantitative estimate of drug-likeness (QED) is 0.873. The van der Waals surface area contributed by atoms with Crippen LogP contribution in [0.15, 0.2) is 40.9 Å². The van der Waals surface area contributed by atoms with Crippen LogP contribution in [-0.4, -0.2) is 0 Å². The molecule has 0 spiro atoms. The van der Waals surface area contributed by atoms with Gasteiger partial charge < -0.3 is 10.5 Å². The highest BCUT2D eigenvalue weighted by molar-refractivity contribution is 9.10. The van der Waals surface area contributed by atoms with Gasteiger partial charge in [-0.2, -0.15) is 0 Å². The molecule has 2 nitrogen and oxygen atoms in total. The van der Waals surface area contributed by atoms with E-state index in [1.165, 1.54) is 0 Å². The number of rotatable bonds is 3. The van der Waals surface area contributed by atoms with Gasteiger partial charge in [0.05, 0.1) is 4.47 Å². The molecule has 2 N–H and O–H groups in total. The first kappa shape index (κ1) is 12.8. The number of nitrogens with two attached hydrogens (primary N) is 1. The van der Waals surface area contributed by atoms with E-state index < -0.39 is 11.6 Å². The lowest BCUT2D eigenvalue weighted by molar-refractivity contribution is 0.297. The Hall–Kier alpha value is -1.62. The standard InChI is InChI=1S/C13H10BrF2NO/c14-13-11(17)2-1-3-12(13)18-7-8-6-9(15)4-5-10(8)16/h1-6H,7,17H2. The van der Waals surface area contributed by atoms with E-state index in [0.717, 1.165) is 18.2 Å². The van der Waals surface area contributed by atoms with E-state index in [4.69, 9.17) is 10.5 Å². The topological polar surface area (TPSA) is 35.2 Å². The van der Waals surface area contributed by atoms with Crippen LogP contribution < -0.4 is 10.5 Å². The first-order valence-electron chi connectivity index (χ1n) is 5.18. The van der Waals surface area contributed by atoms with Crippen LogP contribution in [0.2, 0.25) is 0 Å². The first-order chi connectivity index (χ1) is 8.58. The van der Waals surface area contributed by atoms with Gasteiger partial charge in [0, 0.05) is 11.3 Å². The number of anilines is 1. The van der Waals surface area contributed by atoms with Gasteiger partial charge in [-0.15, -0.1) is 0 Å². The van der Waals surface area contributed by atoms with Crippen LogP contribution >= 0.6 is 15.9 Å². The van der Waals surface area contributed by atoms with E-state index in [1.807, 2.05) is 0 Å². The number of nitrogen functional groups attached to an aromatic ring is 1. The fourth-order valence-corrected chi connectivity index (χ4v) is 1.83. The summed E-state index contributed by atoms with van der Waals surface area (Å²) in [7, 11) is 0. The zero-order chi connectivity index (χ0) is 13.1. The lowest BCUT2D eigenvalue weighted by Gasteiger charge is -2.10. The molecule has 0 radical (unpaired) electrons. The van der Waals surface area contributed by atoms with Crippen molar-refractivity contribution in [3.63, 3.8) is 0 Å². The van der Waals surface area contributed by atoms with E-state index in [1.54, 1.807) is 18.2 Å². The largest absolute Gasteiger partial charge is 0.488 e. The molecule has 0 aliphatic rings. The molecule has 2 aromatic rings. The maximum absolute atomic E-state index is 13.4. The number of hydrogen-bond acceptors (Lipinski definition) is 2. The van der Waals surface area contributed by atoms with Crippen molar-refractivity contribution in [2.24, 2.45) is 0 Å². The Bertz CT molecular complexity index is 573. The second kappa shape index (κ2) is 5.35. The molecule has 0 aromatic heterocycles. The van der Waals surface area contributed by atoms with Crippen molar-refractivity contribution in [3.05, 3.63) is 58.1 Å². The molecule has 0 saturated heterocycles. The van der Waals surface area contributed by atoms with Crippen LogP contribution in [-0.2, 0) is 6.61 Å². The van der Waals surface area contributed by atoms with Gasteiger partial charge in [-0.25, -0.2) is 8.78 Å². The molecular formula is C13H10BrF2NO. The maximum atomic E-state index is 13.4. The highest BCUT2D eigenvalue weighted by Gasteiger charge is 2.07. The van der Waals surface area contributed by atoms with Gasteiger partial charge in [-0.3, -0.25) is 0 Å². The molecule has 0 bridgehead atoms. The molecule has 0 fully saturated rings. The number of halogens is 3. The highest BCUT2D eigenvalue weighted by Crippen LogP contribution is 2.30. The Kier molecular flexibility index (Phi) is 3.81. The third-order valence-electron chi connectivity index (χ3n) is 2.38. The molecule has 0 aliphatic heterocycles. The van der Waals surface area contributed by atoms with Crippen molar-refractivity contribution in [1.29, 1.82) is 0 Å². The molecule has 94 valence electrons. The Balaban J connectivity index is 2.16. The number of ether oxygens (including phenoxy) is 1. The normalized spacial score (nSPS) is 10.4. The van der Waals surface area contributed by atoms with E-state index in [2.05, 4.69) is 15.9 Å². The average Bonchev–Trinajstić information content (AvgIpc) is 2.35. The van der Waals surface area contributed by atoms with Crippen LogP contribution in [0.3, 0.4) is 0 Å². The zero-order valence-electron chi connectivity index (χ0n) is 9.29. The molecular weight excluding hydrogens is 304 g/mol. The third-order valence-corrected chi connectivity index (χ3v) is 3.23. The summed E-state index contributed by atoms with van der Waals surface area (Å²) in [6.07, 6.45) is 0. The van der Waals surface area contributed by atoms with Crippen LogP contribution in [0.1, 0.15) is 5.56 Å². The summed E-state index contributed by atoms with van der Waals surface area (Å²) in [4.78, 5) is 0. The van der Waals surface area contributed by atoms with Crippen molar-refractivity contribution in [1.82, 2.24) is 0 Å². The molecule has 0 atom stereocenters. The highest BCUT2D eigenvalue weighted by atomic mass is 79.9. The molecule has 5 heteroatoms. The second-order valence-electron chi connectivity index (χ2n) is 3.68. The van der Waals surface area contributed by atoms with Crippen molar-refractivity contribution >= 4 is 21.6 Å². The van der Waals surface area contributed by atoms with Gasteiger partial charge >= 0.3 is 0 Å². The first-order valence-corrected chi connectivity index (χ1v) is 5.98. The SMILES string of the molecule is Nc1cccc(OCc2cc(F)ccc2F)c1Br. The summed E-state index contributed by atoms with van der Waals surface area (Å²) in [5, 5.41) is 0. The summed E-state index contributed by atoms with van der Waals surface area (Å²) < 4.78 is 32.3. The van der Waals surface area contributed by atoms with Gasteiger partial charge in [-0.1, -0.05) is 6.07 Å². The van der Waals surface area contributed by atoms with Crippen LogP contribution in [0.25, 0.3) is 0 Å². The molecule has 2 rings (SSSR count). The van der Waals surface area contributed by atoms with E-state index in [9.17, 15) is 8.78 Å². The molecule has 0 aliphatic carbocycles. The zero-order valence-corrected chi connectivity index (χ0v) is 10.9. The predicted molar refractivity (Wildman–Crippen MR) is 69.2 cm³/mol. The summed E-state index contributed by atoms with van der Waals surface area (Å²) in [6.45, 7) is -0.0638. The summed E-state index contributed by atoms with van der Waals surface area (Å²) in [6, 6.07) is 8.36. The monoisotopic (exact) mass is 313 g/mol. The summed E-state index contributed by atoms with van der Waals surface area (Å²) >= 11 is 3.27. The Morgan fingerprint density at radius 2 is 1.94 bits per heavy atom. The van der Waals surface area contributed by atoms with Crippen molar-refractivity contribution < 1.29 is 13.5 Å². The molecule has 18 heavy (non-hydrogen) atoms. The Morgan fingerprint density at radius 3 is 2.72 bits per heavy atom. The molecule has 0 amide bonds. The van der Waals surface area contributed by atoms with Gasteiger partial charge in [0.1, 0.15) is 24.0 Å². The molecule has 0 saturated carbocycles. The van der Waals surface area contributed by atoms with Gasteiger partial charge in [0.15, 0.2) is 0 Å². The Labute approximate surface area is 112 Å². The minimum atomic E-state index is -0.503. The van der Waals surface area contributed by atoms with E-state index in [-0.39, 0.29) is 12.2 Å². The van der Waals surface area contributed by atoms with Gasteiger partial charge in [0.2, 0.25) is 0 Å². The molecule has 2 aromatic carbocycles. The fourth-order valence-electron chi connectivity index (χ4n) is 1.45. The minimum Gasteiger partial charge on any atom is -0.488 e. The number of benzene rings is 2. The van der Waals surface area contributed by atoms with Crippen molar-refractivity contribution in [2.75, 3.05) is 5.73 Å². The van der Waals surface area contributed by atoms with Gasteiger partial charge in [-0.05, 0) is 46.3 Å². The van der Waals surface area contributed by atoms with Gasteiger partial charge in [0.25, 0.3) is 0 Å². The average molecular weight is 314 g/mol. The minimum absolute atomic E-state index is 0.0638. The third kappa shape index (κ3) is 2.79.